The van der Waals surface area contributed by atoms with Crippen molar-refractivity contribution in [3.63, 3.8) is 0 Å². The fourth-order valence-corrected chi connectivity index (χ4v) is 3.74. The lowest BCUT2D eigenvalue weighted by molar-refractivity contribution is -0.131. The Bertz CT molecular complexity index is 680. The molecule has 1 fully saturated rings. The van der Waals surface area contributed by atoms with Crippen molar-refractivity contribution in [2.45, 2.75) is 19.8 Å². The Labute approximate surface area is 140 Å². The molecule has 1 aliphatic rings. The summed E-state index contributed by atoms with van der Waals surface area (Å²) in [6, 6.07) is 2.17. The van der Waals surface area contributed by atoms with E-state index in [0.29, 0.717) is 13.0 Å². The molecule has 0 radical (unpaired) electrons. The number of nitrogens with zero attached hydrogens (tertiary/aromatic N) is 4. The molecule has 3 rings (SSSR count). The predicted molar refractivity (Wildman–Crippen MR) is 94.1 cm³/mol. The molecule has 0 unspecified atom stereocenters. The number of piperazine rings is 1. The Morgan fingerprint density at radius 3 is 2.91 bits per heavy atom. The molecule has 0 bridgehead atoms. The number of nitrogens with one attached hydrogen (secondary N) is 1. The van der Waals surface area contributed by atoms with E-state index < -0.39 is 0 Å². The number of thiophene rings is 1. The van der Waals surface area contributed by atoms with Gasteiger partial charge in [-0.3, -0.25) is 4.79 Å². The molecule has 1 N–H and O–H groups in total. The van der Waals surface area contributed by atoms with Crippen molar-refractivity contribution in [3.8, 4) is 0 Å². The first-order valence-electron chi connectivity index (χ1n) is 8.12. The van der Waals surface area contributed by atoms with Crippen LogP contribution in [0.1, 0.15) is 18.2 Å². The van der Waals surface area contributed by atoms with Gasteiger partial charge in [0.25, 0.3) is 0 Å². The molecule has 2 aromatic heterocycles. The average molecular weight is 333 g/mol. The number of hydrogen-bond donors (Lipinski definition) is 1. The first kappa shape index (κ1) is 16.1. The molecule has 1 amide bonds. The summed E-state index contributed by atoms with van der Waals surface area (Å²) in [5.41, 5.74) is 0. The molecular weight excluding hydrogens is 310 g/mol. The highest BCUT2D eigenvalue weighted by Gasteiger charge is 2.18. The summed E-state index contributed by atoms with van der Waals surface area (Å²) in [5, 5.41) is 4.36. The topological polar surface area (TPSA) is 61.4 Å². The average Bonchev–Trinajstić information content (AvgIpc) is 3.03. The van der Waals surface area contributed by atoms with Gasteiger partial charge in [0.15, 0.2) is 0 Å². The Morgan fingerprint density at radius 2 is 2.17 bits per heavy atom. The summed E-state index contributed by atoms with van der Waals surface area (Å²) in [7, 11) is 2.00. The lowest BCUT2D eigenvalue weighted by atomic mass is 10.2. The molecule has 1 saturated heterocycles. The van der Waals surface area contributed by atoms with Crippen molar-refractivity contribution in [2.24, 2.45) is 0 Å². The van der Waals surface area contributed by atoms with Crippen molar-refractivity contribution in [1.82, 2.24) is 20.2 Å². The van der Waals surface area contributed by atoms with E-state index in [2.05, 4.69) is 33.2 Å². The first-order valence-corrected chi connectivity index (χ1v) is 8.93. The van der Waals surface area contributed by atoms with E-state index in [1.807, 2.05) is 11.9 Å². The highest BCUT2D eigenvalue weighted by atomic mass is 32.1. The quantitative estimate of drug-likeness (QED) is 0.899. The van der Waals surface area contributed by atoms with Gasteiger partial charge < -0.3 is 15.1 Å². The molecule has 0 saturated carbocycles. The highest BCUT2D eigenvalue weighted by Crippen LogP contribution is 2.30. The summed E-state index contributed by atoms with van der Waals surface area (Å²) in [4.78, 5) is 27.4. The second kappa shape index (κ2) is 7.23. The summed E-state index contributed by atoms with van der Waals surface area (Å²) < 4.78 is 0. The van der Waals surface area contributed by atoms with Crippen LogP contribution < -0.4 is 10.2 Å². The van der Waals surface area contributed by atoms with Crippen LogP contribution >= 0.6 is 11.3 Å². The highest BCUT2D eigenvalue weighted by molar-refractivity contribution is 7.18. The minimum Gasteiger partial charge on any atom is -0.359 e. The molecule has 0 atom stereocenters. The molecular formula is C16H23N5OS. The second-order valence-electron chi connectivity index (χ2n) is 5.78. The Balaban J connectivity index is 1.67. The van der Waals surface area contributed by atoms with Crippen LogP contribution in [0.3, 0.4) is 0 Å². The van der Waals surface area contributed by atoms with Gasteiger partial charge in [-0.2, -0.15) is 0 Å². The first-order chi connectivity index (χ1) is 11.2. The van der Waals surface area contributed by atoms with Crippen molar-refractivity contribution < 1.29 is 4.79 Å². The van der Waals surface area contributed by atoms with E-state index in [4.69, 9.17) is 0 Å². The molecule has 124 valence electrons. The number of carbonyl (C=O) groups is 1. The van der Waals surface area contributed by atoms with E-state index in [0.717, 1.165) is 48.6 Å². The fraction of sp³-hybridized carbons (Fsp3) is 0.562. The molecule has 23 heavy (non-hydrogen) atoms. The standard InChI is InChI=1S/C16H23N5OS/c1-3-12-10-13-15(18-11-19-16(13)23-12)20(2)7-4-14(22)21-8-5-17-6-9-21/h10-11,17H,3-9H2,1-2H3. The van der Waals surface area contributed by atoms with Crippen LogP contribution in [0.4, 0.5) is 5.82 Å². The molecule has 3 heterocycles. The maximum Gasteiger partial charge on any atom is 0.224 e. The van der Waals surface area contributed by atoms with Gasteiger partial charge in [0, 0.05) is 51.1 Å². The second-order valence-corrected chi connectivity index (χ2v) is 6.90. The van der Waals surface area contributed by atoms with Crippen LogP contribution in [-0.4, -0.2) is 60.5 Å². The van der Waals surface area contributed by atoms with E-state index in [9.17, 15) is 4.79 Å². The zero-order valence-corrected chi connectivity index (χ0v) is 14.5. The number of fused-ring (bicyclic) bond motifs is 1. The number of rotatable bonds is 5. The molecule has 0 aromatic carbocycles. The van der Waals surface area contributed by atoms with Gasteiger partial charge in [0.1, 0.15) is 17.0 Å². The molecule has 2 aromatic rings. The normalized spacial score (nSPS) is 15.1. The minimum atomic E-state index is 0.225. The SMILES string of the molecule is CCc1cc2c(N(C)CCC(=O)N3CCNCC3)ncnc2s1. The molecule has 0 aliphatic carbocycles. The van der Waals surface area contributed by atoms with Crippen molar-refractivity contribution in [3.05, 3.63) is 17.3 Å². The van der Waals surface area contributed by atoms with Crippen LogP contribution in [0, 0.1) is 0 Å². The van der Waals surface area contributed by atoms with Gasteiger partial charge in [0.05, 0.1) is 5.39 Å². The number of amides is 1. The molecule has 7 heteroatoms. The third-order valence-corrected chi connectivity index (χ3v) is 5.39. The third kappa shape index (κ3) is 3.61. The van der Waals surface area contributed by atoms with Gasteiger partial charge in [-0.25, -0.2) is 9.97 Å². The monoisotopic (exact) mass is 333 g/mol. The van der Waals surface area contributed by atoms with Gasteiger partial charge in [-0.1, -0.05) is 6.92 Å². The van der Waals surface area contributed by atoms with E-state index >= 15 is 0 Å². The van der Waals surface area contributed by atoms with Crippen LogP contribution in [0.25, 0.3) is 10.2 Å². The van der Waals surface area contributed by atoms with Crippen LogP contribution in [0.15, 0.2) is 12.4 Å². The largest absolute Gasteiger partial charge is 0.359 e. The molecule has 6 nitrogen and oxygen atoms in total. The van der Waals surface area contributed by atoms with Gasteiger partial charge in [0.2, 0.25) is 5.91 Å². The van der Waals surface area contributed by atoms with Gasteiger partial charge in [-0.15, -0.1) is 11.3 Å². The fourth-order valence-electron chi connectivity index (χ4n) is 2.81. The number of carbonyl (C=O) groups excluding carboxylic acids is 1. The summed E-state index contributed by atoms with van der Waals surface area (Å²) in [5.74, 6) is 1.14. The van der Waals surface area contributed by atoms with Crippen LogP contribution in [0.5, 0.6) is 0 Å². The molecule has 1 aliphatic heterocycles. The maximum absolute atomic E-state index is 12.3. The number of aromatic nitrogens is 2. The number of hydrogen-bond acceptors (Lipinski definition) is 6. The van der Waals surface area contributed by atoms with Crippen molar-refractivity contribution in [2.75, 3.05) is 44.7 Å². The van der Waals surface area contributed by atoms with Crippen molar-refractivity contribution in [1.29, 1.82) is 0 Å². The minimum absolute atomic E-state index is 0.225. The van der Waals surface area contributed by atoms with Crippen molar-refractivity contribution >= 4 is 33.3 Å². The van der Waals surface area contributed by atoms with E-state index in [1.165, 1.54) is 4.88 Å². The maximum atomic E-state index is 12.3. The third-order valence-electron chi connectivity index (χ3n) is 4.20. The van der Waals surface area contributed by atoms with Crippen LogP contribution in [0.2, 0.25) is 0 Å². The lowest BCUT2D eigenvalue weighted by Crippen LogP contribution is -2.47. The Kier molecular flexibility index (Phi) is 5.07. The number of aryl methyl sites for hydroxylation is 1. The predicted octanol–water partition coefficient (Wildman–Crippen LogP) is 1.51. The van der Waals surface area contributed by atoms with E-state index in [1.54, 1.807) is 17.7 Å². The summed E-state index contributed by atoms with van der Waals surface area (Å²) >= 11 is 1.72. The Morgan fingerprint density at radius 1 is 1.39 bits per heavy atom. The smallest absolute Gasteiger partial charge is 0.224 e. The number of anilines is 1. The van der Waals surface area contributed by atoms with Gasteiger partial charge >= 0.3 is 0 Å². The zero-order valence-electron chi connectivity index (χ0n) is 13.7. The molecule has 0 spiro atoms. The zero-order chi connectivity index (χ0) is 16.2. The van der Waals surface area contributed by atoms with E-state index in [-0.39, 0.29) is 5.91 Å². The lowest BCUT2D eigenvalue weighted by Gasteiger charge is -2.28. The van der Waals surface area contributed by atoms with Gasteiger partial charge in [-0.05, 0) is 12.5 Å². The summed E-state index contributed by atoms with van der Waals surface area (Å²) in [6.45, 7) is 6.22. The summed E-state index contributed by atoms with van der Waals surface area (Å²) in [6.07, 6.45) is 3.14. The Hall–Kier alpha value is -1.73. The van der Waals surface area contributed by atoms with Crippen LogP contribution in [-0.2, 0) is 11.2 Å².